The summed E-state index contributed by atoms with van der Waals surface area (Å²) in [7, 11) is 0. The lowest BCUT2D eigenvalue weighted by atomic mass is 9.43. The average Bonchev–Trinajstić information content (AvgIpc) is 2.14. The summed E-state index contributed by atoms with van der Waals surface area (Å²) in [4.78, 5) is 11.5. The smallest absolute Gasteiger partial charge is 0.0476 e. The molecule has 2 unspecified atom stereocenters. The third kappa shape index (κ3) is 1.47. The molecule has 0 aromatic carbocycles. The first-order chi connectivity index (χ1) is 7.57. The van der Waals surface area contributed by atoms with Crippen LogP contribution in [0, 0.1) is 22.7 Å². The Hall–Kier alpha value is -0.0500. The SMILES string of the molecule is O=C([O-])C12C[C@@H]3C[C@@H](CC(CCBr)(C3)C1)C2. The van der Waals surface area contributed by atoms with E-state index in [-0.39, 0.29) is 0 Å². The Bertz CT molecular complexity index is 312. The molecule has 90 valence electrons. The van der Waals surface area contributed by atoms with Gasteiger partial charge in [-0.25, -0.2) is 0 Å². The lowest BCUT2D eigenvalue weighted by Gasteiger charge is -2.62. The van der Waals surface area contributed by atoms with E-state index in [0.717, 1.165) is 31.0 Å². The number of aliphatic carboxylic acids is 1. The van der Waals surface area contributed by atoms with Gasteiger partial charge in [0, 0.05) is 16.7 Å². The maximum Gasteiger partial charge on any atom is 0.0476 e. The zero-order valence-electron chi connectivity index (χ0n) is 9.51. The largest absolute Gasteiger partial charge is 0.550 e. The van der Waals surface area contributed by atoms with Crippen molar-refractivity contribution in [2.24, 2.45) is 22.7 Å². The summed E-state index contributed by atoms with van der Waals surface area (Å²) in [5, 5.41) is 12.5. The summed E-state index contributed by atoms with van der Waals surface area (Å²) >= 11 is 3.53. The van der Waals surface area contributed by atoms with E-state index in [1.54, 1.807) is 0 Å². The van der Waals surface area contributed by atoms with Crippen molar-refractivity contribution in [3.05, 3.63) is 0 Å². The number of hydrogen-bond donors (Lipinski definition) is 0. The fourth-order valence-electron chi connectivity index (χ4n) is 5.18. The van der Waals surface area contributed by atoms with Gasteiger partial charge in [-0.05, 0) is 62.2 Å². The first-order valence-corrected chi connectivity index (χ1v) is 7.47. The summed E-state index contributed by atoms with van der Waals surface area (Å²) in [6, 6.07) is 0. The predicted octanol–water partition coefficient (Wildman–Crippen LogP) is 2.11. The maximum absolute atomic E-state index is 11.5. The zero-order valence-corrected chi connectivity index (χ0v) is 11.1. The molecule has 4 aliphatic carbocycles. The van der Waals surface area contributed by atoms with Crippen LogP contribution in [0.4, 0.5) is 0 Å². The molecule has 0 heterocycles. The number of alkyl halides is 1. The minimum Gasteiger partial charge on any atom is -0.550 e. The molecule has 0 saturated heterocycles. The molecule has 4 rings (SSSR count). The molecule has 0 N–H and O–H groups in total. The molecule has 0 aromatic rings. The normalized spacial score (nSPS) is 49.6. The highest BCUT2D eigenvalue weighted by Gasteiger charge is 2.57. The van der Waals surface area contributed by atoms with Crippen molar-refractivity contribution < 1.29 is 9.90 Å². The van der Waals surface area contributed by atoms with Gasteiger partial charge in [0.2, 0.25) is 0 Å². The summed E-state index contributed by atoms with van der Waals surface area (Å²) in [5.41, 5.74) is -0.125. The monoisotopic (exact) mass is 285 g/mol. The Kier molecular flexibility index (Phi) is 2.40. The molecule has 0 aliphatic heterocycles. The van der Waals surface area contributed by atoms with E-state index >= 15 is 0 Å². The van der Waals surface area contributed by atoms with Crippen LogP contribution in [0.5, 0.6) is 0 Å². The predicted molar refractivity (Wildman–Crippen MR) is 63.0 cm³/mol. The molecule has 0 radical (unpaired) electrons. The van der Waals surface area contributed by atoms with Gasteiger partial charge >= 0.3 is 0 Å². The van der Waals surface area contributed by atoms with E-state index < -0.39 is 11.4 Å². The Morgan fingerprint density at radius 2 is 1.88 bits per heavy atom. The topological polar surface area (TPSA) is 40.1 Å². The molecule has 16 heavy (non-hydrogen) atoms. The van der Waals surface area contributed by atoms with E-state index in [2.05, 4.69) is 15.9 Å². The van der Waals surface area contributed by atoms with Crippen molar-refractivity contribution in [3.63, 3.8) is 0 Å². The Morgan fingerprint density at radius 3 is 2.38 bits per heavy atom. The molecule has 4 fully saturated rings. The minimum absolute atomic E-state index is 0.327. The van der Waals surface area contributed by atoms with Gasteiger partial charge in [-0.1, -0.05) is 15.9 Å². The van der Waals surface area contributed by atoms with Gasteiger partial charge in [0.15, 0.2) is 0 Å². The lowest BCUT2D eigenvalue weighted by molar-refractivity contribution is -0.329. The highest BCUT2D eigenvalue weighted by Crippen LogP contribution is 2.66. The second kappa shape index (κ2) is 3.47. The van der Waals surface area contributed by atoms with Crippen molar-refractivity contribution in [1.29, 1.82) is 0 Å². The molecule has 3 heteroatoms. The summed E-state index contributed by atoms with van der Waals surface area (Å²) in [6.45, 7) is 0. The zero-order chi connectivity index (χ0) is 11.4. The Labute approximate surface area is 105 Å². The van der Waals surface area contributed by atoms with Crippen LogP contribution in [0.2, 0.25) is 0 Å². The first-order valence-electron chi connectivity index (χ1n) is 6.35. The van der Waals surface area contributed by atoms with Gasteiger partial charge in [0.05, 0.1) is 0 Å². The van der Waals surface area contributed by atoms with Crippen LogP contribution in [-0.4, -0.2) is 11.3 Å². The van der Waals surface area contributed by atoms with Gasteiger partial charge in [-0.2, -0.15) is 0 Å². The standard InChI is InChI=1S/C13H19BrO2/c14-2-1-12-4-9-3-10(5-12)7-13(6-9,8-12)11(15)16/h9-10H,1-8H2,(H,15,16)/p-1/t9-,10+,12?,13?. The molecule has 4 atom stereocenters. The molecule has 0 spiro atoms. The number of carboxylic acid groups (broad SMARTS) is 1. The van der Waals surface area contributed by atoms with Crippen molar-refractivity contribution in [1.82, 2.24) is 0 Å². The van der Waals surface area contributed by atoms with Crippen molar-refractivity contribution in [2.45, 2.75) is 44.9 Å². The van der Waals surface area contributed by atoms with Crippen LogP contribution < -0.4 is 5.11 Å². The van der Waals surface area contributed by atoms with Crippen LogP contribution in [0.25, 0.3) is 0 Å². The fourth-order valence-corrected chi connectivity index (χ4v) is 6.03. The number of carboxylic acids is 1. The van der Waals surface area contributed by atoms with Crippen LogP contribution in [0.15, 0.2) is 0 Å². The van der Waals surface area contributed by atoms with E-state index in [4.69, 9.17) is 0 Å². The van der Waals surface area contributed by atoms with Gasteiger partial charge < -0.3 is 9.90 Å². The Morgan fingerprint density at radius 1 is 1.25 bits per heavy atom. The van der Waals surface area contributed by atoms with Crippen molar-refractivity contribution in [2.75, 3.05) is 5.33 Å². The summed E-state index contributed by atoms with van der Waals surface area (Å²) in [5.74, 6) is 0.567. The summed E-state index contributed by atoms with van der Waals surface area (Å²) in [6.07, 6.45) is 7.65. The van der Waals surface area contributed by atoms with Gasteiger partial charge in [-0.15, -0.1) is 0 Å². The van der Waals surface area contributed by atoms with E-state index in [9.17, 15) is 9.90 Å². The summed E-state index contributed by atoms with van der Waals surface area (Å²) < 4.78 is 0. The number of carbonyl (C=O) groups is 1. The molecule has 4 bridgehead atoms. The molecule has 4 aliphatic rings. The quantitative estimate of drug-likeness (QED) is 0.745. The van der Waals surface area contributed by atoms with Crippen LogP contribution in [0.1, 0.15) is 44.9 Å². The minimum atomic E-state index is -0.763. The third-order valence-electron chi connectivity index (χ3n) is 5.24. The number of rotatable bonds is 3. The second-order valence-electron chi connectivity index (χ2n) is 6.47. The molecular formula is C13H18BrO2-. The van der Waals surface area contributed by atoms with E-state index in [0.29, 0.717) is 17.3 Å². The fraction of sp³-hybridized carbons (Fsp3) is 0.923. The molecule has 2 nitrogen and oxygen atoms in total. The maximum atomic E-state index is 11.5. The van der Waals surface area contributed by atoms with Gasteiger partial charge in [0.1, 0.15) is 0 Å². The van der Waals surface area contributed by atoms with Crippen LogP contribution in [-0.2, 0) is 4.79 Å². The van der Waals surface area contributed by atoms with Crippen molar-refractivity contribution >= 4 is 21.9 Å². The van der Waals surface area contributed by atoms with Crippen LogP contribution >= 0.6 is 15.9 Å². The molecule has 4 saturated carbocycles. The van der Waals surface area contributed by atoms with Crippen molar-refractivity contribution in [3.8, 4) is 0 Å². The number of hydrogen-bond acceptors (Lipinski definition) is 2. The molecular weight excluding hydrogens is 268 g/mol. The second-order valence-corrected chi connectivity index (χ2v) is 7.26. The number of halogens is 1. The number of carbonyl (C=O) groups excluding carboxylic acids is 1. The Balaban J connectivity index is 1.93. The first kappa shape index (κ1) is 11.1. The average molecular weight is 286 g/mol. The molecule has 0 aromatic heterocycles. The third-order valence-corrected chi connectivity index (χ3v) is 5.64. The van der Waals surface area contributed by atoms with Crippen LogP contribution in [0.3, 0.4) is 0 Å². The van der Waals surface area contributed by atoms with E-state index in [1.165, 1.54) is 19.3 Å². The molecule has 0 amide bonds. The highest BCUT2D eigenvalue weighted by molar-refractivity contribution is 9.09. The van der Waals surface area contributed by atoms with E-state index in [1.807, 2.05) is 0 Å². The van der Waals surface area contributed by atoms with Gasteiger partial charge in [0.25, 0.3) is 0 Å². The highest BCUT2D eigenvalue weighted by atomic mass is 79.9. The van der Waals surface area contributed by atoms with Gasteiger partial charge in [-0.3, -0.25) is 0 Å². The lowest BCUT2D eigenvalue weighted by Crippen LogP contribution is -2.58.